The van der Waals surface area contributed by atoms with Crippen LogP contribution >= 0.6 is 0 Å². The van der Waals surface area contributed by atoms with Crippen LogP contribution < -0.4 is 5.73 Å². The number of rotatable bonds is 4. The number of hydrogen-bond donors (Lipinski definition) is 1. The molecule has 2 aromatic heterocycles. The van der Waals surface area contributed by atoms with E-state index in [9.17, 15) is 13.6 Å². The van der Waals surface area contributed by atoms with Crippen molar-refractivity contribution >= 4 is 5.91 Å². The Bertz CT molecular complexity index is 992. The Balaban J connectivity index is 1.70. The zero-order chi connectivity index (χ0) is 20.4. The lowest BCUT2D eigenvalue weighted by Crippen LogP contribution is -2.42. The first-order valence-corrected chi connectivity index (χ1v) is 9.45. The molecule has 3 heterocycles. The highest BCUT2D eigenvalue weighted by atomic mass is 19.3. The number of alkyl halides is 2. The number of piperidine rings is 1. The fourth-order valence-corrected chi connectivity index (χ4v) is 3.33. The minimum Gasteiger partial charge on any atom is -0.337 e. The molecule has 3 aromatic rings. The smallest absolute Gasteiger partial charge is 0.274 e. The number of carbonyl (C=O) groups excluding carboxylic acids is 1. The van der Waals surface area contributed by atoms with Gasteiger partial charge in [0.2, 0.25) is 0 Å². The molecule has 2 N–H and O–H groups in total. The van der Waals surface area contributed by atoms with E-state index in [4.69, 9.17) is 5.73 Å². The van der Waals surface area contributed by atoms with Gasteiger partial charge in [-0.2, -0.15) is 5.10 Å². The van der Waals surface area contributed by atoms with Gasteiger partial charge >= 0.3 is 0 Å². The first kappa shape index (κ1) is 19.2. The summed E-state index contributed by atoms with van der Waals surface area (Å²) in [5.41, 5.74) is 8.80. The van der Waals surface area contributed by atoms with E-state index in [-0.39, 0.29) is 37.5 Å². The average molecular weight is 397 g/mol. The molecule has 29 heavy (non-hydrogen) atoms. The summed E-state index contributed by atoms with van der Waals surface area (Å²) in [7, 11) is 0. The van der Waals surface area contributed by atoms with Crippen molar-refractivity contribution in [3.8, 4) is 17.1 Å². The Morgan fingerprint density at radius 3 is 2.45 bits per heavy atom. The van der Waals surface area contributed by atoms with Crippen LogP contribution in [0.4, 0.5) is 8.78 Å². The summed E-state index contributed by atoms with van der Waals surface area (Å²) in [5.74, 6) is -3.06. The van der Waals surface area contributed by atoms with Crippen molar-refractivity contribution in [2.45, 2.75) is 25.3 Å². The highest BCUT2D eigenvalue weighted by molar-refractivity contribution is 5.93. The highest BCUT2D eigenvalue weighted by Gasteiger charge is 2.36. The maximum absolute atomic E-state index is 13.4. The zero-order valence-electron chi connectivity index (χ0n) is 15.8. The van der Waals surface area contributed by atoms with Crippen molar-refractivity contribution in [2.75, 3.05) is 13.1 Å². The van der Waals surface area contributed by atoms with Gasteiger partial charge in [0.05, 0.1) is 17.1 Å². The Morgan fingerprint density at radius 2 is 1.83 bits per heavy atom. The van der Waals surface area contributed by atoms with Crippen LogP contribution in [-0.4, -0.2) is 44.6 Å². The number of amides is 1. The molecular formula is C21H21F2N5O. The Hall–Kier alpha value is -3.13. The van der Waals surface area contributed by atoms with Crippen molar-refractivity contribution in [3.05, 3.63) is 66.0 Å². The second kappa shape index (κ2) is 7.71. The van der Waals surface area contributed by atoms with E-state index in [1.54, 1.807) is 16.9 Å². The number of nitrogens with zero attached hydrogens (tertiary/aromatic N) is 4. The van der Waals surface area contributed by atoms with Gasteiger partial charge < -0.3 is 10.6 Å². The Kier molecular flexibility index (Phi) is 5.10. The maximum atomic E-state index is 13.4. The zero-order valence-corrected chi connectivity index (χ0v) is 15.8. The number of likely N-dealkylation sites (tertiary alicyclic amines) is 1. The molecule has 8 heteroatoms. The third kappa shape index (κ3) is 4.02. The predicted molar refractivity (Wildman–Crippen MR) is 105 cm³/mol. The standard InChI is InChI=1S/C21H21F2N5O/c22-21(23)8-10-27(11-9-21)20(29)18-12-19(17-7-6-15(13-24)14-25-17)28(26-18)16-4-2-1-3-5-16/h1-7,12,14H,8-11,13,24H2. The van der Waals surface area contributed by atoms with Crippen LogP contribution in [0.3, 0.4) is 0 Å². The number of pyridine rings is 1. The highest BCUT2D eigenvalue weighted by Crippen LogP contribution is 2.29. The van der Waals surface area contributed by atoms with E-state index in [0.29, 0.717) is 17.9 Å². The van der Waals surface area contributed by atoms with Gasteiger partial charge in [-0.25, -0.2) is 13.5 Å². The van der Waals surface area contributed by atoms with Gasteiger partial charge in [-0.05, 0) is 29.8 Å². The van der Waals surface area contributed by atoms with E-state index < -0.39 is 5.92 Å². The number of halogens is 2. The van der Waals surface area contributed by atoms with Crippen LogP contribution in [0.15, 0.2) is 54.7 Å². The first-order chi connectivity index (χ1) is 14.0. The molecule has 150 valence electrons. The summed E-state index contributed by atoms with van der Waals surface area (Å²) in [6.07, 6.45) is 1.03. The number of nitrogens with two attached hydrogens (primary N) is 1. The van der Waals surface area contributed by atoms with E-state index in [1.165, 1.54) is 4.90 Å². The molecule has 1 aliphatic rings. The van der Waals surface area contributed by atoms with E-state index in [1.807, 2.05) is 42.5 Å². The second-order valence-electron chi connectivity index (χ2n) is 7.07. The number of benzene rings is 1. The lowest BCUT2D eigenvalue weighted by Gasteiger charge is -2.31. The monoisotopic (exact) mass is 397 g/mol. The normalized spacial score (nSPS) is 16.0. The van der Waals surface area contributed by atoms with Gasteiger partial charge in [-0.1, -0.05) is 24.3 Å². The molecule has 1 aliphatic heterocycles. The third-order valence-corrected chi connectivity index (χ3v) is 5.03. The summed E-state index contributed by atoms with van der Waals surface area (Å²) in [6.45, 7) is 0.417. The van der Waals surface area contributed by atoms with Gasteiger partial charge in [-0.3, -0.25) is 9.78 Å². The van der Waals surface area contributed by atoms with Gasteiger partial charge in [0.15, 0.2) is 5.69 Å². The van der Waals surface area contributed by atoms with Crippen LogP contribution in [0, 0.1) is 0 Å². The summed E-state index contributed by atoms with van der Waals surface area (Å²) in [6, 6.07) is 14.8. The van der Waals surface area contributed by atoms with Gasteiger partial charge in [-0.15, -0.1) is 0 Å². The molecule has 0 atom stereocenters. The molecule has 6 nitrogen and oxygen atoms in total. The van der Waals surface area contributed by atoms with Crippen molar-refractivity contribution in [1.29, 1.82) is 0 Å². The van der Waals surface area contributed by atoms with Gasteiger partial charge in [0.25, 0.3) is 11.8 Å². The van der Waals surface area contributed by atoms with Crippen molar-refractivity contribution < 1.29 is 13.6 Å². The summed E-state index contributed by atoms with van der Waals surface area (Å²) < 4.78 is 28.5. The molecule has 0 radical (unpaired) electrons. The average Bonchev–Trinajstić information content (AvgIpc) is 3.19. The number of para-hydroxylation sites is 1. The molecule has 4 rings (SSSR count). The van der Waals surface area contributed by atoms with Crippen molar-refractivity contribution in [1.82, 2.24) is 19.7 Å². The van der Waals surface area contributed by atoms with Gasteiger partial charge in [0.1, 0.15) is 0 Å². The predicted octanol–water partition coefficient (Wildman–Crippen LogP) is 3.26. The van der Waals surface area contributed by atoms with Crippen molar-refractivity contribution in [3.63, 3.8) is 0 Å². The number of aromatic nitrogens is 3. The van der Waals surface area contributed by atoms with E-state index >= 15 is 0 Å². The van der Waals surface area contributed by atoms with Crippen LogP contribution in [-0.2, 0) is 6.54 Å². The molecule has 0 bridgehead atoms. The quantitative estimate of drug-likeness (QED) is 0.733. The number of hydrogen-bond acceptors (Lipinski definition) is 4. The third-order valence-electron chi connectivity index (χ3n) is 5.03. The minimum atomic E-state index is -2.71. The molecule has 0 unspecified atom stereocenters. The van der Waals surface area contributed by atoms with E-state index in [2.05, 4.69) is 10.1 Å². The van der Waals surface area contributed by atoms with Gasteiger partial charge in [0, 0.05) is 38.7 Å². The van der Waals surface area contributed by atoms with Crippen molar-refractivity contribution in [2.24, 2.45) is 5.73 Å². The molecule has 0 aliphatic carbocycles. The summed E-state index contributed by atoms with van der Waals surface area (Å²) in [5, 5.41) is 4.48. The summed E-state index contributed by atoms with van der Waals surface area (Å²) in [4.78, 5) is 18.8. The SMILES string of the molecule is NCc1ccc(-c2cc(C(=O)N3CCC(F)(F)CC3)nn2-c2ccccc2)nc1. The topological polar surface area (TPSA) is 77.0 Å². The fraction of sp³-hybridized carbons (Fsp3) is 0.286. The van der Waals surface area contributed by atoms with Crippen LogP contribution in [0.5, 0.6) is 0 Å². The largest absolute Gasteiger partial charge is 0.337 e. The van der Waals surface area contributed by atoms with Crippen LogP contribution in [0.25, 0.3) is 17.1 Å². The molecule has 1 aromatic carbocycles. The summed E-state index contributed by atoms with van der Waals surface area (Å²) >= 11 is 0. The molecule has 0 spiro atoms. The van der Waals surface area contributed by atoms with Crippen LogP contribution in [0.2, 0.25) is 0 Å². The van der Waals surface area contributed by atoms with E-state index in [0.717, 1.165) is 11.3 Å². The van der Waals surface area contributed by atoms with Crippen LogP contribution in [0.1, 0.15) is 28.9 Å². The molecule has 1 fully saturated rings. The molecule has 1 saturated heterocycles. The lowest BCUT2D eigenvalue weighted by atomic mass is 10.1. The number of carbonyl (C=O) groups is 1. The molecule has 1 amide bonds. The first-order valence-electron chi connectivity index (χ1n) is 9.45. The fourth-order valence-electron chi connectivity index (χ4n) is 3.33. The lowest BCUT2D eigenvalue weighted by molar-refractivity contribution is -0.0495. The Morgan fingerprint density at radius 1 is 1.10 bits per heavy atom. The molecular weight excluding hydrogens is 376 g/mol. The second-order valence-corrected chi connectivity index (χ2v) is 7.07. The molecule has 0 saturated carbocycles. The minimum absolute atomic E-state index is 0.0167. The Labute approximate surface area is 167 Å². The maximum Gasteiger partial charge on any atom is 0.274 e.